The highest BCUT2D eigenvalue weighted by Crippen LogP contribution is 2.15. The van der Waals surface area contributed by atoms with Gasteiger partial charge in [0, 0.05) is 46.0 Å². The van der Waals surface area contributed by atoms with Crippen molar-refractivity contribution >= 4 is 17.5 Å². The normalized spacial score (nSPS) is 17.0. The number of methoxy groups -OCH3 is 1. The van der Waals surface area contributed by atoms with Gasteiger partial charge in [-0.05, 0) is 26.0 Å². The van der Waals surface area contributed by atoms with Crippen LogP contribution in [-0.2, 0) is 16.1 Å². The SMILES string of the molecule is COC(C)(C)C(=O)N1CCN(Cc2ccc(Cl)cn2)CC1. The number of nitrogens with zero attached hydrogens (tertiary/aromatic N) is 3. The molecule has 0 saturated carbocycles. The van der Waals surface area contributed by atoms with Crippen molar-refractivity contribution in [3.63, 3.8) is 0 Å². The molecule has 0 spiro atoms. The fourth-order valence-electron chi connectivity index (χ4n) is 2.31. The Kier molecular flexibility index (Phi) is 5.19. The van der Waals surface area contributed by atoms with E-state index in [0.29, 0.717) is 5.02 Å². The van der Waals surface area contributed by atoms with Crippen molar-refractivity contribution in [3.05, 3.63) is 29.0 Å². The average molecular weight is 312 g/mol. The van der Waals surface area contributed by atoms with Gasteiger partial charge in [-0.15, -0.1) is 0 Å². The predicted molar refractivity (Wildman–Crippen MR) is 82.2 cm³/mol. The van der Waals surface area contributed by atoms with Crippen molar-refractivity contribution < 1.29 is 9.53 Å². The van der Waals surface area contributed by atoms with Gasteiger partial charge in [-0.2, -0.15) is 0 Å². The number of carbonyl (C=O) groups is 1. The first kappa shape index (κ1) is 16.2. The molecule has 0 N–H and O–H groups in total. The van der Waals surface area contributed by atoms with E-state index in [0.717, 1.165) is 38.4 Å². The summed E-state index contributed by atoms with van der Waals surface area (Å²) >= 11 is 5.83. The summed E-state index contributed by atoms with van der Waals surface area (Å²) in [6.07, 6.45) is 1.66. The molecule has 2 rings (SSSR count). The van der Waals surface area contributed by atoms with Gasteiger partial charge in [0.1, 0.15) is 5.60 Å². The lowest BCUT2D eigenvalue weighted by Crippen LogP contribution is -2.54. The van der Waals surface area contributed by atoms with Crippen LogP contribution in [0, 0.1) is 0 Å². The smallest absolute Gasteiger partial charge is 0.254 e. The highest BCUT2D eigenvalue weighted by Gasteiger charge is 2.33. The second-order valence-electron chi connectivity index (χ2n) is 5.75. The van der Waals surface area contributed by atoms with Crippen LogP contribution in [0.5, 0.6) is 0 Å². The van der Waals surface area contributed by atoms with Crippen LogP contribution in [0.2, 0.25) is 5.02 Å². The Labute approximate surface area is 130 Å². The van der Waals surface area contributed by atoms with E-state index in [-0.39, 0.29) is 5.91 Å². The molecule has 0 aliphatic carbocycles. The van der Waals surface area contributed by atoms with Crippen LogP contribution in [0.15, 0.2) is 18.3 Å². The molecule has 1 amide bonds. The molecule has 5 nitrogen and oxygen atoms in total. The van der Waals surface area contributed by atoms with Crippen LogP contribution in [0.3, 0.4) is 0 Å². The molecule has 0 atom stereocenters. The molecule has 1 aliphatic heterocycles. The Hall–Kier alpha value is -1.17. The number of aromatic nitrogens is 1. The number of halogens is 1. The van der Waals surface area contributed by atoms with E-state index in [9.17, 15) is 4.79 Å². The third kappa shape index (κ3) is 4.15. The maximum absolute atomic E-state index is 12.3. The third-order valence-corrected chi connectivity index (χ3v) is 4.08. The molecular formula is C15H22ClN3O2. The fraction of sp³-hybridized carbons (Fsp3) is 0.600. The van der Waals surface area contributed by atoms with Crippen molar-refractivity contribution in [1.82, 2.24) is 14.8 Å². The minimum absolute atomic E-state index is 0.0502. The van der Waals surface area contributed by atoms with Crippen molar-refractivity contribution in [2.45, 2.75) is 26.0 Å². The largest absolute Gasteiger partial charge is 0.369 e. The molecule has 1 aromatic heterocycles. The van der Waals surface area contributed by atoms with Crippen molar-refractivity contribution in [1.29, 1.82) is 0 Å². The van der Waals surface area contributed by atoms with Crippen LogP contribution in [0.1, 0.15) is 19.5 Å². The molecule has 1 aliphatic rings. The van der Waals surface area contributed by atoms with Crippen molar-refractivity contribution in [2.75, 3.05) is 33.3 Å². The summed E-state index contributed by atoms with van der Waals surface area (Å²) in [6.45, 7) is 7.52. The Morgan fingerprint density at radius 1 is 1.33 bits per heavy atom. The van der Waals surface area contributed by atoms with Gasteiger partial charge >= 0.3 is 0 Å². The lowest BCUT2D eigenvalue weighted by atomic mass is 10.1. The maximum Gasteiger partial charge on any atom is 0.254 e. The van der Waals surface area contributed by atoms with Crippen LogP contribution in [0.4, 0.5) is 0 Å². The first-order valence-corrected chi connectivity index (χ1v) is 7.47. The molecule has 1 aromatic rings. The van der Waals surface area contributed by atoms with Gasteiger partial charge in [0.05, 0.1) is 10.7 Å². The summed E-state index contributed by atoms with van der Waals surface area (Å²) in [5, 5.41) is 0.649. The van der Waals surface area contributed by atoms with Crippen LogP contribution >= 0.6 is 11.6 Å². The van der Waals surface area contributed by atoms with E-state index in [2.05, 4.69) is 9.88 Å². The number of pyridine rings is 1. The fourth-order valence-corrected chi connectivity index (χ4v) is 2.42. The highest BCUT2D eigenvalue weighted by atomic mass is 35.5. The summed E-state index contributed by atoms with van der Waals surface area (Å²) in [6, 6.07) is 3.79. The monoisotopic (exact) mass is 311 g/mol. The van der Waals surface area contributed by atoms with Crippen LogP contribution in [-0.4, -0.2) is 59.6 Å². The molecule has 6 heteroatoms. The molecular weight excluding hydrogens is 290 g/mol. The lowest BCUT2D eigenvalue weighted by molar-refractivity contribution is -0.152. The number of ether oxygens (including phenoxy) is 1. The first-order chi connectivity index (χ1) is 9.92. The zero-order valence-corrected chi connectivity index (χ0v) is 13.6. The number of amides is 1. The number of carbonyl (C=O) groups excluding carboxylic acids is 1. The minimum atomic E-state index is -0.750. The minimum Gasteiger partial charge on any atom is -0.369 e. The van der Waals surface area contributed by atoms with E-state index in [1.165, 1.54) is 0 Å². The van der Waals surface area contributed by atoms with Gasteiger partial charge in [0.2, 0.25) is 0 Å². The molecule has 116 valence electrons. The maximum atomic E-state index is 12.3. The highest BCUT2D eigenvalue weighted by molar-refractivity contribution is 6.30. The molecule has 21 heavy (non-hydrogen) atoms. The van der Waals surface area contributed by atoms with Gasteiger partial charge in [0.15, 0.2) is 0 Å². The lowest BCUT2D eigenvalue weighted by Gasteiger charge is -2.38. The van der Waals surface area contributed by atoms with Gasteiger partial charge < -0.3 is 9.64 Å². The van der Waals surface area contributed by atoms with Gasteiger partial charge in [-0.3, -0.25) is 14.7 Å². The molecule has 1 fully saturated rings. The molecule has 2 heterocycles. The van der Waals surface area contributed by atoms with E-state index in [4.69, 9.17) is 16.3 Å². The quantitative estimate of drug-likeness (QED) is 0.850. The zero-order chi connectivity index (χ0) is 15.5. The summed E-state index contributed by atoms with van der Waals surface area (Å²) in [5.41, 5.74) is 0.247. The van der Waals surface area contributed by atoms with E-state index >= 15 is 0 Å². The molecule has 0 bridgehead atoms. The Bertz CT molecular complexity index is 482. The average Bonchev–Trinajstić information content (AvgIpc) is 2.49. The van der Waals surface area contributed by atoms with Crippen LogP contribution < -0.4 is 0 Å². The third-order valence-electron chi connectivity index (χ3n) is 3.86. The Morgan fingerprint density at radius 3 is 2.52 bits per heavy atom. The summed E-state index contributed by atoms with van der Waals surface area (Å²) in [5.74, 6) is 0.0502. The Morgan fingerprint density at radius 2 is 2.00 bits per heavy atom. The van der Waals surface area contributed by atoms with Gasteiger partial charge in [0.25, 0.3) is 5.91 Å². The zero-order valence-electron chi connectivity index (χ0n) is 12.8. The summed E-state index contributed by atoms with van der Waals surface area (Å²) in [4.78, 5) is 20.8. The number of hydrogen-bond acceptors (Lipinski definition) is 4. The number of piperazine rings is 1. The summed E-state index contributed by atoms with van der Waals surface area (Å²) < 4.78 is 5.26. The van der Waals surface area contributed by atoms with Gasteiger partial charge in [-0.1, -0.05) is 11.6 Å². The molecule has 0 aromatic carbocycles. The number of rotatable bonds is 4. The first-order valence-electron chi connectivity index (χ1n) is 7.09. The molecule has 1 saturated heterocycles. The topological polar surface area (TPSA) is 45.7 Å². The summed E-state index contributed by atoms with van der Waals surface area (Å²) in [7, 11) is 1.57. The van der Waals surface area contributed by atoms with E-state index in [1.54, 1.807) is 27.2 Å². The van der Waals surface area contributed by atoms with Crippen molar-refractivity contribution in [3.8, 4) is 0 Å². The van der Waals surface area contributed by atoms with Gasteiger partial charge in [-0.25, -0.2) is 0 Å². The van der Waals surface area contributed by atoms with Crippen molar-refractivity contribution in [2.24, 2.45) is 0 Å². The van der Waals surface area contributed by atoms with E-state index in [1.807, 2.05) is 17.0 Å². The second kappa shape index (κ2) is 6.73. The Balaban J connectivity index is 1.86. The van der Waals surface area contributed by atoms with E-state index < -0.39 is 5.60 Å². The predicted octanol–water partition coefficient (Wildman–Crippen LogP) is 1.80. The molecule has 0 unspecified atom stereocenters. The second-order valence-corrected chi connectivity index (χ2v) is 6.19. The number of hydrogen-bond donors (Lipinski definition) is 0. The standard InChI is InChI=1S/C15H22ClN3O2/c1-15(2,21-3)14(20)19-8-6-18(7-9-19)11-13-5-4-12(16)10-17-13/h4-5,10H,6-9,11H2,1-3H3. The molecule has 0 radical (unpaired) electrons. The van der Waals surface area contributed by atoms with Crippen LogP contribution in [0.25, 0.3) is 0 Å².